The summed E-state index contributed by atoms with van der Waals surface area (Å²) in [6, 6.07) is 9.48. The SMILES string of the molecule is CC(=O)c1c(C)c2cnc(Nc3ccc(N4CCN(CCC5CCN(c6ccc7c(c6)CN(C6CCC(=O)NC6=O)C7=O)CC5)CC4)cn3)nc2n(C2CCCC2)c1=O.Cl. The standard InChI is InChI=1S/C44H52N10O5.ClH/c1-27-35-25-46-44(49-40(35)54(31-5-3-4-6-31)43(59)39(27)28(2)55)47-37-11-8-33(24-45-37)52-21-19-50(20-22-52)16-13-29-14-17-51(18-15-29)32-7-9-34-30(23-32)26-53(42(34)58)36-10-12-38(56)48-41(36)57;/h7-9,11,23-25,29,31,36H,3-6,10,12-22,26H2,1-2H3,(H,48,56,57)(H,45,46,47,49);1H. The minimum absolute atomic E-state index is 0. The van der Waals surface area contributed by atoms with Gasteiger partial charge in [-0.05, 0) is 106 Å². The maximum atomic E-state index is 13.6. The number of imide groups is 1. The van der Waals surface area contributed by atoms with E-state index in [9.17, 15) is 24.0 Å². The van der Waals surface area contributed by atoms with Crippen molar-refractivity contribution in [2.24, 2.45) is 5.92 Å². The molecule has 7 heterocycles. The Morgan fingerprint density at radius 2 is 1.60 bits per heavy atom. The van der Waals surface area contributed by atoms with Gasteiger partial charge in [0.15, 0.2) is 5.78 Å². The van der Waals surface area contributed by atoms with Crippen LogP contribution in [0.3, 0.4) is 0 Å². The zero-order chi connectivity index (χ0) is 40.8. The fraction of sp³-hybridized carbons (Fsp3) is 0.500. The Balaban J connectivity index is 0.00000499. The molecule has 316 valence electrons. The third-order valence-corrected chi connectivity index (χ3v) is 13.3. The van der Waals surface area contributed by atoms with Crippen molar-refractivity contribution in [2.75, 3.05) is 60.9 Å². The molecule has 1 atom stereocenters. The van der Waals surface area contributed by atoms with E-state index in [0.717, 1.165) is 107 Å². The monoisotopic (exact) mass is 836 g/mol. The molecule has 60 heavy (non-hydrogen) atoms. The summed E-state index contributed by atoms with van der Waals surface area (Å²) in [5.41, 5.74) is 4.94. The number of carbonyl (C=O) groups excluding carboxylic acids is 4. The summed E-state index contributed by atoms with van der Waals surface area (Å²) in [5.74, 6) is 0.632. The van der Waals surface area contributed by atoms with Gasteiger partial charge >= 0.3 is 0 Å². The van der Waals surface area contributed by atoms with Gasteiger partial charge in [-0.2, -0.15) is 4.98 Å². The smallest absolute Gasteiger partial charge is 0.263 e. The van der Waals surface area contributed by atoms with Gasteiger partial charge in [-0.1, -0.05) is 12.8 Å². The average Bonchev–Trinajstić information content (AvgIpc) is 3.88. The number of hydrogen-bond acceptors (Lipinski definition) is 12. The molecule has 3 saturated heterocycles. The van der Waals surface area contributed by atoms with Crippen LogP contribution < -0.4 is 26.0 Å². The molecule has 5 aliphatic rings. The van der Waals surface area contributed by atoms with Gasteiger partial charge in [-0.15, -0.1) is 12.4 Å². The molecule has 4 aliphatic heterocycles. The van der Waals surface area contributed by atoms with Gasteiger partial charge in [0.05, 0.1) is 17.4 Å². The van der Waals surface area contributed by atoms with E-state index in [4.69, 9.17) is 4.98 Å². The zero-order valence-corrected chi connectivity index (χ0v) is 35.1. The summed E-state index contributed by atoms with van der Waals surface area (Å²) >= 11 is 0. The fourth-order valence-electron chi connectivity index (χ4n) is 9.90. The third-order valence-electron chi connectivity index (χ3n) is 13.3. The first kappa shape index (κ1) is 41.3. The molecule has 0 spiro atoms. The molecule has 0 radical (unpaired) electrons. The molecular formula is C44H53ClN10O5. The van der Waals surface area contributed by atoms with Crippen molar-refractivity contribution in [1.29, 1.82) is 0 Å². The lowest BCUT2D eigenvalue weighted by atomic mass is 9.92. The number of anilines is 4. The normalized spacial score (nSPS) is 20.4. The summed E-state index contributed by atoms with van der Waals surface area (Å²) in [6.07, 6.45) is 11.5. The van der Waals surface area contributed by atoms with Gasteiger partial charge in [-0.25, -0.2) is 9.97 Å². The van der Waals surface area contributed by atoms with Crippen molar-refractivity contribution < 1.29 is 19.2 Å². The number of halogens is 1. The number of rotatable bonds is 10. The lowest BCUT2D eigenvalue weighted by Gasteiger charge is -2.38. The number of nitrogens with zero attached hydrogens (tertiary/aromatic N) is 8. The van der Waals surface area contributed by atoms with Crippen molar-refractivity contribution >= 4 is 70.1 Å². The van der Waals surface area contributed by atoms with E-state index in [1.54, 1.807) is 22.6 Å². The number of nitrogens with one attached hydrogen (secondary N) is 2. The first-order valence-electron chi connectivity index (χ1n) is 21.3. The van der Waals surface area contributed by atoms with Crippen LogP contribution in [0.15, 0.2) is 47.5 Å². The summed E-state index contributed by atoms with van der Waals surface area (Å²) in [6.45, 7) is 10.6. The van der Waals surface area contributed by atoms with E-state index >= 15 is 0 Å². The van der Waals surface area contributed by atoms with Crippen LogP contribution in [0.4, 0.5) is 23.1 Å². The number of hydrogen-bond donors (Lipinski definition) is 2. The van der Waals surface area contributed by atoms with E-state index < -0.39 is 6.04 Å². The van der Waals surface area contributed by atoms with E-state index in [0.29, 0.717) is 47.4 Å². The molecule has 1 unspecified atom stereocenters. The summed E-state index contributed by atoms with van der Waals surface area (Å²) in [7, 11) is 0. The highest BCUT2D eigenvalue weighted by Gasteiger charge is 2.39. The number of aromatic nitrogens is 4. The predicted octanol–water partition coefficient (Wildman–Crippen LogP) is 5.17. The highest BCUT2D eigenvalue weighted by Crippen LogP contribution is 2.34. The van der Waals surface area contributed by atoms with E-state index in [1.807, 2.05) is 24.4 Å². The van der Waals surface area contributed by atoms with Gasteiger partial charge < -0.3 is 20.0 Å². The van der Waals surface area contributed by atoms with Crippen LogP contribution in [-0.4, -0.2) is 105 Å². The molecule has 16 heteroatoms. The molecule has 1 aromatic carbocycles. The van der Waals surface area contributed by atoms with Crippen molar-refractivity contribution in [3.05, 3.63) is 75.3 Å². The van der Waals surface area contributed by atoms with Gasteiger partial charge in [0.2, 0.25) is 17.8 Å². The first-order chi connectivity index (χ1) is 28.6. The molecule has 2 N–H and O–H groups in total. The summed E-state index contributed by atoms with van der Waals surface area (Å²) < 4.78 is 1.72. The van der Waals surface area contributed by atoms with Crippen molar-refractivity contribution in [2.45, 2.75) is 90.3 Å². The molecule has 15 nitrogen and oxygen atoms in total. The molecular weight excluding hydrogens is 784 g/mol. The number of piperidine rings is 2. The Bertz CT molecular complexity index is 2370. The maximum absolute atomic E-state index is 13.6. The van der Waals surface area contributed by atoms with Crippen LogP contribution in [-0.2, 0) is 16.1 Å². The lowest BCUT2D eigenvalue weighted by molar-refractivity contribution is -0.136. The largest absolute Gasteiger partial charge is 0.372 e. The minimum atomic E-state index is -0.596. The Morgan fingerprint density at radius 3 is 2.30 bits per heavy atom. The summed E-state index contributed by atoms with van der Waals surface area (Å²) in [5, 5.41) is 6.33. The second-order valence-electron chi connectivity index (χ2n) is 16.9. The number of aryl methyl sites for hydroxylation is 1. The van der Waals surface area contributed by atoms with E-state index in [1.165, 1.54) is 13.3 Å². The molecule has 3 amide bonds. The minimum Gasteiger partial charge on any atom is -0.372 e. The molecule has 4 fully saturated rings. The number of amides is 3. The second kappa shape index (κ2) is 17.3. The molecule has 9 rings (SSSR count). The Hall–Kier alpha value is -5.41. The van der Waals surface area contributed by atoms with Gasteiger partial charge in [-0.3, -0.25) is 38.8 Å². The molecule has 1 aliphatic carbocycles. The molecule has 3 aromatic heterocycles. The predicted molar refractivity (Wildman–Crippen MR) is 232 cm³/mol. The van der Waals surface area contributed by atoms with Crippen LogP contribution >= 0.6 is 12.4 Å². The van der Waals surface area contributed by atoms with Crippen molar-refractivity contribution in [3.8, 4) is 0 Å². The Labute approximate surface area is 355 Å². The highest BCUT2D eigenvalue weighted by atomic mass is 35.5. The van der Waals surface area contributed by atoms with E-state index in [-0.39, 0.29) is 59.5 Å². The number of pyridine rings is 2. The molecule has 0 bridgehead atoms. The second-order valence-corrected chi connectivity index (χ2v) is 16.9. The number of ketones is 1. The quantitative estimate of drug-likeness (QED) is 0.159. The van der Waals surface area contributed by atoms with Gasteiger partial charge in [0.1, 0.15) is 17.5 Å². The first-order valence-corrected chi connectivity index (χ1v) is 21.3. The van der Waals surface area contributed by atoms with Crippen LogP contribution in [0.25, 0.3) is 11.0 Å². The van der Waals surface area contributed by atoms with E-state index in [2.05, 4.69) is 47.4 Å². The number of piperazine rings is 1. The van der Waals surface area contributed by atoms with Crippen molar-refractivity contribution in [3.63, 3.8) is 0 Å². The Kier molecular flexibility index (Phi) is 11.9. The van der Waals surface area contributed by atoms with Crippen LogP contribution in [0.5, 0.6) is 0 Å². The van der Waals surface area contributed by atoms with Gasteiger partial charge in [0, 0.05) is 81.1 Å². The number of fused-ring (bicyclic) bond motifs is 2. The van der Waals surface area contributed by atoms with Crippen molar-refractivity contribution in [1.82, 2.24) is 34.6 Å². The highest BCUT2D eigenvalue weighted by molar-refractivity contribution is 6.05. The lowest BCUT2D eigenvalue weighted by Crippen LogP contribution is -2.52. The molecule has 1 saturated carbocycles. The fourth-order valence-corrected chi connectivity index (χ4v) is 9.90. The maximum Gasteiger partial charge on any atom is 0.263 e. The third kappa shape index (κ3) is 8.08. The Morgan fingerprint density at radius 1 is 0.867 bits per heavy atom. The number of benzene rings is 1. The average molecular weight is 837 g/mol. The number of Topliss-reactive ketones (excluding diaryl/α,β-unsaturated/α-hetero) is 1. The number of carbonyl (C=O) groups is 4. The van der Waals surface area contributed by atoms with Crippen LogP contribution in [0.1, 0.15) is 103 Å². The molecule has 4 aromatic rings. The summed E-state index contributed by atoms with van der Waals surface area (Å²) in [4.78, 5) is 86.3. The topological polar surface area (TPSA) is 166 Å². The van der Waals surface area contributed by atoms with Crippen LogP contribution in [0.2, 0.25) is 0 Å². The van der Waals surface area contributed by atoms with Gasteiger partial charge in [0.25, 0.3) is 11.5 Å². The van der Waals surface area contributed by atoms with Crippen LogP contribution in [0, 0.1) is 12.8 Å². The zero-order valence-electron chi connectivity index (χ0n) is 34.3.